The maximum absolute atomic E-state index is 13.9. The second-order valence-electron chi connectivity index (χ2n) is 8.70. The van der Waals surface area contributed by atoms with E-state index in [1.54, 1.807) is 25.3 Å². The molecule has 5 rings (SSSR count). The number of rotatable bonds is 9. The minimum Gasteiger partial charge on any atom is -0.493 e. The highest BCUT2D eigenvalue weighted by Crippen LogP contribution is 2.35. The molecule has 0 saturated heterocycles. The highest BCUT2D eigenvalue weighted by molar-refractivity contribution is 7.23. The number of methoxy groups -OCH3 is 1. The van der Waals surface area contributed by atoms with Crippen LogP contribution in [-0.2, 0) is 10.9 Å². The van der Waals surface area contributed by atoms with Crippen molar-refractivity contribution in [2.45, 2.75) is 13.1 Å². The van der Waals surface area contributed by atoms with Gasteiger partial charge in [0.1, 0.15) is 6.61 Å². The Morgan fingerprint density at radius 3 is 2.48 bits per heavy atom. The first-order valence-electron chi connectivity index (χ1n) is 12.5. The summed E-state index contributed by atoms with van der Waals surface area (Å²) >= 11 is 1.36. The van der Waals surface area contributed by atoms with E-state index in [-0.39, 0.29) is 11.1 Å². The van der Waals surface area contributed by atoms with Gasteiger partial charge in [-0.2, -0.15) is 13.2 Å². The number of benzene rings is 3. The summed E-state index contributed by atoms with van der Waals surface area (Å²) in [5.41, 5.74) is 1.02. The van der Waals surface area contributed by atoms with Gasteiger partial charge in [-0.3, -0.25) is 9.20 Å². The number of thiazole rings is 1. The minimum absolute atomic E-state index is 0.188. The number of para-hydroxylation sites is 2. The normalized spacial score (nSPS) is 12.0. The minimum atomic E-state index is -4.49. The van der Waals surface area contributed by atoms with Crippen molar-refractivity contribution in [2.24, 2.45) is 0 Å². The molecule has 0 radical (unpaired) electrons. The van der Waals surface area contributed by atoms with E-state index in [1.807, 2.05) is 43.3 Å². The van der Waals surface area contributed by atoms with Crippen LogP contribution in [0, 0.1) is 0 Å². The second-order valence-corrected chi connectivity index (χ2v) is 9.71. The lowest BCUT2D eigenvalue weighted by Crippen LogP contribution is -2.17. The maximum atomic E-state index is 13.9. The predicted octanol–water partition coefficient (Wildman–Crippen LogP) is 7.19. The van der Waals surface area contributed by atoms with Crippen LogP contribution in [-0.4, -0.2) is 36.3 Å². The van der Waals surface area contributed by atoms with Gasteiger partial charge >= 0.3 is 6.18 Å². The summed E-state index contributed by atoms with van der Waals surface area (Å²) in [6.07, 6.45) is -1.08. The summed E-state index contributed by atoms with van der Waals surface area (Å²) in [5.74, 6) is 1.02. The number of hydrogen-bond donors (Lipinski definition) is 0. The molecule has 2 heterocycles. The van der Waals surface area contributed by atoms with Crippen LogP contribution in [0.1, 0.15) is 23.7 Å². The van der Waals surface area contributed by atoms with E-state index in [4.69, 9.17) is 19.2 Å². The van der Waals surface area contributed by atoms with E-state index in [0.717, 1.165) is 16.8 Å². The van der Waals surface area contributed by atoms with Crippen LogP contribution in [0.3, 0.4) is 0 Å². The Labute approximate surface area is 231 Å². The third kappa shape index (κ3) is 5.45. The highest BCUT2D eigenvalue weighted by Gasteiger charge is 2.30. The third-order valence-corrected chi connectivity index (χ3v) is 7.24. The molecule has 0 aliphatic carbocycles. The van der Waals surface area contributed by atoms with Crippen LogP contribution in [0.15, 0.2) is 71.5 Å². The molecule has 0 bridgehead atoms. The molecular weight excluding hydrogens is 541 g/mol. The van der Waals surface area contributed by atoms with Crippen molar-refractivity contribution in [3.63, 3.8) is 0 Å². The fourth-order valence-corrected chi connectivity index (χ4v) is 5.36. The van der Waals surface area contributed by atoms with Crippen molar-refractivity contribution in [1.29, 1.82) is 0 Å². The molecule has 40 heavy (non-hydrogen) atoms. The largest absolute Gasteiger partial charge is 0.493 e. The number of fused-ring (bicyclic) bond motifs is 3. The highest BCUT2D eigenvalue weighted by atomic mass is 32.1. The molecule has 0 atom stereocenters. The molecule has 0 unspecified atom stereocenters. The first-order chi connectivity index (χ1) is 19.3. The lowest BCUT2D eigenvalue weighted by molar-refractivity contribution is -0.137. The maximum Gasteiger partial charge on any atom is 0.416 e. The summed E-state index contributed by atoms with van der Waals surface area (Å²) in [4.78, 5) is 19.2. The third-order valence-electron chi connectivity index (χ3n) is 6.22. The lowest BCUT2D eigenvalue weighted by atomic mass is 10.0. The molecule has 10 heteroatoms. The van der Waals surface area contributed by atoms with Gasteiger partial charge in [-0.25, -0.2) is 4.98 Å². The van der Waals surface area contributed by atoms with Crippen molar-refractivity contribution < 1.29 is 27.4 Å². The Morgan fingerprint density at radius 2 is 1.75 bits per heavy atom. The first-order valence-corrected chi connectivity index (χ1v) is 13.3. The van der Waals surface area contributed by atoms with E-state index in [2.05, 4.69) is 0 Å². The van der Waals surface area contributed by atoms with E-state index >= 15 is 0 Å². The fourth-order valence-electron chi connectivity index (χ4n) is 4.34. The quantitative estimate of drug-likeness (QED) is 0.177. The SMILES string of the molecule is CCOCCOc1c(C=Cc2nc3sc4ccccc4n3c(=O)c2-c2ccc(C(F)(F)F)cc2)cccc1OC. The number of ether oxygens (including phenoxy) is 3. The fraction of sp³-hybridized carbons (Fsp3) is 0.200. The van der Waals surface area contributed by atoms with Gasteiger partial charge in [-0.1, -0.05) is 47.7 Å². The van der Waals surface area contributed by atoms with Gasteiger partial charge in [0, 0.05) is 12.2 Å². The second kappa shape index (κ2) is 11.5. The number of aromatic nitrogens is 2. The summed E-state index contributed by atoms with van der Waals surface area (Å²) in [6, 6.07) is 17.3. The standard InChI is InChI=1S/C30H25F3N2O4S/c1-3-38-17-18-39-27-20(7-6-9-24(27)37-2)13-16-22-26(19-11-14-21(15-12-19)30(31,32)33)28(36)35-23-8-4-5-10-25(23)40-29(35)34-22/h4-16H,3,17-18H2,1-2H3. The molecule has 3 aromatic carbocycles. The molecule has 0 N–H and O–H groups in total. The van der Waals surface area contributed by atoms with Crippen molar-refractivity contribution >= 4 is 38.7 Å². The average Bonchev–Trinajstić information content (AvgIpc) is 3.33. The summed E-state index contributed by atoms with van der Waals surface area (Å²) < 4.78 is 58.9. The molecule has 2 aromatic heterocycles. The zero-order valence-electron chi connectivity index (χ0n) is 21.7. The van der Waals surface area contributed by atoms with Crippen LogP contribution >= 0.6 is 11.3 Å². The molecule has 0 spiro atoms. The zero-order valence-corrected chi connectivity index (χ0v) is 22.5. The molecule has 0 fully saturated rings. The Hall–Kier alpha value is -4.15. The topological polar surface area (TPSA) is 62.1 Å². The summed E-state index contributed by atoms with van der Waals surface area (Å²) in [5, 5.41) is 0. The number of halogens is 3. The van der Waals surface area contributed by atoms with Crippen molar-refractivity contribution in [3.05, 3.63) is 93.9 Å². The summed E-state index contributed by atoms with van der Waals surface area (Å²) in [7, 11) is 1.54. The zero-order chi connectivity index (χ0) is 28.3. The van der Waals surface area contributed by atoms with E-state index in [9.17, 15) is 18.0 Å². The van der Waals surface area contributed by atoms with Crippen LogP contribution in [0.25, 0.3) is 38.5 Å². The van der Waals surface area contributed by atoms with Crippen LogP contribution in [0.4, 0.5) is 13.2 Å². The lowest BCUT2D eigenvalue weighted by Gasteiger charge is -2.13. The molecule has 206 valence electrons. The average molecular weight is 567 g/mol. The van der Waals surface area contributed by atoms with E-state index in [0.29, 0.717) is 58.6 Å². The van der Waals surface area contributed by atoms with Crippen LogP contribution in [0.2, 0.25) is 0 Å². The van der Waals surface area contributed by atoms with Gasteiger partial charge in [0.05, 0.1) is 40.8 Å². The molecule has 0 amide bonds. The molecule has 5 aromatic rings. The van der Waals surface area contributed by atoms with Gasteiger partial charge in [-0.05, 0) is 55.0 Å². The number of alkyl halides is 3. The van der Waals surface area contributed by atoms with Gasteiger partial charge in [0.15, 0.2) is 16.5 Å². The van der Waals surface area contributed by atoms with Gasteiger partial charge in [0.2, 0.25) is 0 Å². The number of nitrogens with zero attached hydrogens (tertiary/aromatic N) is 2. The van der Waals surface area contributed by atoms with Gasteiger partial charge < -0.3 is 14.2 Å². The van der Waals surface area contributed by atoms with Crippen LogP contribution < -0.4 is 15.0 Å². The van der Waals surface area contributed by atoms with Gasteiger partial charge in [-0.15, -0.1) is 0 Å². The summed E-state index contributed by atoms with van der Waals surface area (Å²) in [6.45, 7) is 3.17. The van der Waals surface area contributed by atoms with Crippen LogP contribution in [0.5, 0.6) is 11.5 Å². The van der Waals surface area contributed by atoms with Crippen molar-refractivity contribution in [2.75, 3.05) is 26.9 Å². The predicted molar refractivity (Wildman–Crippen MR) is 151 cm³/mol. The monoisotopic (exact) mass is 566 g/mol. The van der Waals surface area contributed by atoms with Gasteiger partial charge in [0.25, 0.3) is 5.56 Å². The Morgan fingerprint density at radius 1 is 0.975 bits per heavy atom. The van der Waals surface area contributed by atoms with E-state index < -0.39 is 11.7 Å². The molecule has 6 nitrogen and oxygen atoms in total. The van der Waals surface area contributed by atoms with E-state index in [1.165, 1.54) is 27.9 Å². The molecule has 0 saturated carbocycles. The molecular formula is C30H25F3N2O4S. The Kier molecular flexibility index (Phi) is 7.90. The number of hydrogen-bond acceptors (Lipinski definition) is 6. The van der Waals surface area contributed by atoms with Crippen molar-refractivity contribution in [3.8, 4) is 22.6 Å². The smallest absolute Gasteiger partial charge is 0.416 e. The Balaban J connectivity index is 1.66. The first kappa shape index (κ1) is 27.4. The Bertz CT molecular complexity index is 1740. The molecule has 0 aliphatic heterocycles. The van der Waals surface area contributed by atoms with Crippen molar-refractivity contribution in [1.82, 2.24) is 9.38 Å². The molecule has 0 aliphatic rings.